The first-order chi connectivity index (χ1) is 9.18. The van der Waals surface area contributed by atoms with Gasteiger partial charge in [0.05, 0.1) is 0 Å². The second-order valence-electron chi connectivity index (χ2n) is 6.31. The average Bonchev–Trinajstić information content (AvgIpc) is 3.24. The Morgan fingerprint density at radius 1 is 1.26 bits per heavy atom. The third-order valence-electron chi connectivity index (χ3n) is 4.25. The first kappa shape index (κ1) is 14.5. The first-order valence-corrected chi connectivity index (χ1v) is 7.66. The van der Waals surface area contributed by atoms with Gasteiger partial charge in [-0.15, -0.1) is 0 Å². The zero-order chi connectivity index (χ0) is 13.7. The summed E-state index contributed by atoms with van der Waals surface area (Å²) in [5.74, 6) is 0.948. The van der Waals surface area contributed by atoms with Gasteiger partial charge < -0.3 is 10.6 Å². The van der Waals surface area contributed by atoms with Crippen LogP contribution in [0.1, 0.15) is 38.7 Å². The molecule has 2 heteroatoms. The zero-order valence-corrected chi connectivity index (χ0v) is 12.4. The lowest BCUT2D eigenvalue weighted by Crippen LogP contribution is -2.44. The van der Waals surface area contributed by atoms with Crippen molar-refractivity contribution in [2.45, 2.75) is 38.5 Å². The highest BCUT2D eigenvalue weighted by Gasteiger charge is 2.30. The van der Waals surface area contributed by atoms with E-state index in [1.165, 1.54) is 37.9 Å². The van der Waals surface area contributed by atoms with E-state index < -0.39 is 0 Å². The molecule has 1 aromatic carbocycles. The molecule has 2 nitrogen and oxygen atoms in total. The van der Waals surface area contributed by atoms with Gasteiger partial charge in [0, 0.05) is 25.0 Å². The van der Waals surface area contributed by atoms with Crippen LogP contribution in [0, 0.1) is 5.92 Å². The van der Waals surface area contributed by atoms with Crippen LogP contribution in [0.3, 0.4) is 0 Å². The fourth-order valence-electron chi connectivity index (χ4n) is 2.82. The SMILES string of the molecule is CCCN(CC1CC1)CC(C)(CN)c1ccccc1. The fraction of sp³-hybridized carbons (Fsp3) is 0.647. The largest absolute Gasteiger partial charge is 0.330 e. The third-order valence-corrected chi connectivity index (χ3v) is 4.25. The predicted octanol–water partition coefficient (Wildman–Crippen LogP) is 3.03. The van der Waals surface area contributed by atoms with E-state index in [1.807, 2.05) is 0 Å². The summed E-state index contributed by atoms with van der Waals surface area (Å²) in [5, 5.41) is 0. The van der Waals surface area contributed by atoms with Gasteiger partial charge in [0.15, 0.2) is 0 Å². The smallest absolute Gasteiger partial charge is 0.0174 e. The van der Waals surface area contributed by atoms with Gasteiger partial charge in [0.25, 0.3) is 0 Å². The van der Waals surface area contributed by atoms with Crippen LogP contribution in [0.2, 0.25) is 0 Å². The van der Waals surface area contributed by atoms with Crippen LogP contribution in [-0.4, -0.2) is 31.1 Å². The normalized spacial score (nSPS) is 18.5. The number of nitrogens with two attached hydrogens (primary N) is 1. The van der Waals surface area contributed by atoms with Gasteiger partial charge in [-0.25, -0.2) is 0 Å². The van der Waals surface area contributed by atoms with Gasteiger partial charge in [-0.2, -0.15) is 0 Å². The van der Waals surface area contributed by atoms with Gasteiger partial charge >= 0.3 is 0 Å². The van der Waals surface area contributed by atoms with Crippen molar-refractivity contribution in [2.24, 2.45) is 11.7 Å². The van der Waals surface area contributed by atoms with E-state index in [4.69, 9.17) is 5.73 Å². The third kappa shape index (κ3) is 4.05. The molecule has 0 radical (unpaired) electrons. The van der Waals surface area contributed by atoms with Crippen molar-refractivity contribution in [3.05, 3.63) is 35.9 Å². The Bertz CT molecular complexity index is 372. The van der Waals surface area contributed by atoms with Crippen LogP contribution in [0.4, 0.5) is 0 Å². The highest BCUT2D eigenvalue weighted by molar-refractivity contribution is 5.25. The molecule has 1 aliphatic rings. The maximum atomic E-state index is 6.10. The van der Waals surface area contributed by atoms with E-state index in [0.717, 1.165) is 12.5 Å². The summed E-state index contributed by atoms with van der Waals surface area (Å²) < 4.78 is 0. The molecule has 0 saturated heterocycles. The van der Waals surface area contributed by atoms with Gasteiger partial charge in [-0.3, -0.25) is 0 Å². The summed E-state index contributed by atoms with van der Waals surface area (Å²) in [4.78, 5) is 2.62. The molecule has 1 aromatic rings. The van der Waals surface area contributed by atoms with Crippen LogP contribution >= 0.6 is 0 Å². The molecule has 0 amide bonds. The topological polar surface area (TPSA) is 29.3 Å². The van der Waals surface area contributed by atoms with E-state index in [9.17, 15) is 0 Å². The summed E-state index contributed by atoms with van der Waals surface area (Å²) in [7, 11) is 0. The lowest BCUT2D eigenvalue weighted by atomic mass is 9.82. The number of rotatable bonds is 8. The molecule has 1 aliphatic carbocycles. The molecule has 1 unspecified atom stereocenters. The molecule has 0 bridgehead atoms. The van der Waals surface area contributed by atoms with Crippen LogP contribution in [-0.2, 0) is 5.41 Å². The van der Waals surface area contributed by atoms with Crippen molar-refractivity contribution >= 4 is 0 Å². The minimum absolute atomic E-state index is 0.0747. The predicted molar refractivity (Wildman–Crippen MR) is 82.3 cm³/mol. The first-order valence-electron chi connectivity index (χ1n) is 7.66. The highest BCUT2D eigenvalue weighted by atomic mass is 15.1. The van der Waals surface area contributed by atoms with Gasteiger partial charge in [0.2, 0.25) is 0 Å². The van der Waals surface area contributed by atoms with Crippen molar-refractivity contribution in [3.8, 4) is 0 Å². The van der Waals surface area contributed by atoms with Crippen molar-refractivity contribution in [3.63, 3.8) is 0 Å². The average molecular weight is 260 g/mol. The molecule has 1 fully saturated rings. The molecule has 2 rings (SSSR count). The summed E-state index contributed by atoms with van der Waals surface area (Å²) in [6.07, 6.45) is 4.07. The lowest BCUT2D eigenvalue weighted by Gasteiger charge is -2.35. The molecule has 0 spiro atoms. The molecule has 2 N–H and O–H groups in total. The second-order valence-corrected chi connectivity index (χ2v) is 6.31. The quantitative estimate of drug-likeness (QED) is 0.778. The number of nitrogens with zero attached hydrogens (tertiary/aromatic N) is 1. The Morgan fingerprint density at radius 2 is 1.95 bits per heavy atom. The maximum absolute atomic E-state index is 6.10. The Labute approximate surface area is 118 Å². The molecule has 1 atom stereocenters. The highest BCUT2D eigenvalue weighted by Crippen LogP contribution is 2.31. The second kappa shape index (κ2) is 6.53. The molecule has 0 aliphatic heterocycles. The number of hydrogen-bond acceptors (Lipinski definition) is 2. The Morgan fingerprint density at radius 3 is 2.47 bits per heavy atom. The van der Waals surface area contributed by atoms with Crippen molar-refractivity contribution in [1.82, 2.24) is 4.90 Å². The van der Waals surface area contributed by atoms with E-state index in [2.05, 4.69) is 49.1 Å². The van der Waals surface area contributed by atoms with E-state index in [1.54, 1.807) is 0 Å². The molecule has 106 valence electrons. The minimum atomic E-state index is 0.0747. The number of hydrogen-bond donors (Lipinski definition) is 1. The Balaban J connectivity index is 2.06. The Kier molecular flexibility index (Phi) is 5.00. The fourth-order valence-corrected chi connectivity index (χ4v) is 2.82. The van der Waals surface area contributed by atoms with Gasteiger partial charge in [-0.05, 0) is 37.3 Å². The lowest BCUT2D eigenvalue weighted by molar-refractivity contribution is 0.209. The van der Waals surface area contributed by atoms with Crippen molar-refractivity contribution in [2.75, 3.05) is 26.2 Å². The summed E-state index contributed by atoms with van der Waals surface area (Å²) in [6, 6.07) is 10.7. The van der Waals surface area contributed by atoms with Gasteiger partial charge in [-0.1, -0.05) is 44.2 Å². The molecule has 1 saturated carbocycles. The molecule has 19 heavy (non-hydrogen) atoms. The van der Waals surface area contributed by atoms with E-state index in [-0.39, 0.29) is 5.41 Å². The van der Waals surface area contributed by atoms with Crippen LogP contribution in [0.25, 0.3) is 0 Å². The molecular formula is C17H28N2. The van der Waals surface area contributed by atoms with E-state index in [0.29, 0.717) is 6.54 Å². The monoisotopic (exact) mass is 260 g/mol. The van der Waals surface area contributed by atoms with Crippen molar-refractivity contribution < 1.29 is 0 Å². The Hall–Kier alpha value is -0.860. The van der Waals surface area contributed by atoms with Crippen molar-refractivity contribution in [1.29, 1.82) is 0 Å². The zero-order valence-electron chi connectivity index (χ0n) is 12.4. The summed E-state index contributed by atoms with van der Waals surface area (Å²) >= 11 is 0. The van der Waals surface area contributed by atoms with E-state index >= 15 is 0 Å². The van der Waals surface area contributed by atoms with Gasteiger partial charge in [0.1, 0.15) is 0 Å². The number of benzene rings is 1. The standard InChI is InChI=1S/C17H28N2/c1-3-11-19(12-15-9-10-15)14-17(2,13-18)16-7-5-4-6-8-16/h4-8,15H,3,9-14,18H2,1-2H3. The minimum Gasteiger partial charge on any atom is -0.330 e. The summed E-state index contributed by atoms with van der Waals surface area (Å²) in [5.41, 5.74) is 7.55. The molecular weight excluding hydrogens is 232 g/mol. The van der Waals surface area contributed by atoms with Crippen LogP contribution in [0.15, 0.2) is 30.3 Å². The van der Waals surface area contributed by atoms with Crippen LogP contribution in [0.5, 0.6) is 0 Å². The molecule has 0 aromatic heterocycles. The van der Waals surface area contributed by atoms with Crippen LogP contribution < -0.4 is 5.73 Å². The maximum Gasteiger partial charge on any atom is 0.0174 e. The molecule has 0 heterocycles. The summed E-state index contributed by atoms with van der Waals surface area (Å²) in [6.45, 7) is 8.81.